The van der Waals surface area contributed by atoms with E-state index in [1.807, 2.05) is 31.2 Å². The van der Waals surface area contributed by atoms with E-state index >= 15 is 0 Å². The number of ether oxygens (including phenoxy) is 1. The first-order valence-corrected chi connectivity index (χ1v) is 9.42. The highest BCUT2D eigenvalue weighted by Gasteiger charge is 2.33. The fraction of sp³-hybridized carbons (Fsp3) is 0.455. The van der Waals surface area contributed by atoms with Crippen LogP contribution in [0.15, 0.2) is 54.6 Å². The van der Waals surface area contributed by atoms with Crippen LogP contribution in [-0.2, 0) is 6.42 Å². The quantitative estimate of drug-likeness (QED) is 0.752. The van der Waals surface area contributed by atoms with Crippen molar-refractivity contribution in [3.05, 3.63) is 65.7 Å². The van der Waals surface area contributed by atoms with Gasteiger partial charge in [0.25, 0.3) is 0 Å². The molecule has 1 aliphatic rings. The number of benzene rings is 2. The summed E-state index contributed by atoms with van der Waals surface area (Å²) in [7, 11) is 0. The Morgan fingerprint density at radius 1 is 1.04 bits per heavy atom. The van der Waals surface area contributed by atoms with E-state index < -0.39 is 6.10 Å². The van der Waals surface area contributed by atoms with Crippen molar-refractivity contribution < 1.29 is 9.84 Å². The summed E-state index contributed by atoms with van der Waals surface area (Å²) in [6, 6.07) is 18.7. The molecule has 0 heterocycles. The van der Waals surface area contributed by atoms with E-state index in [0.29, 0.717) is 0 Å². The lowest BCUT2D eigenvalue weighted by molar-refractivity contribution is -0.0155. The Hall–Kier alpha value is -1.84. The van der Waals surface area contributed by atoms with Gasteiger partial charge in [0.05, 0.1) is 0 Å². The van der Waals surface area contributed by atoms with Gasteiger partial charge in [0.1, 0.15) is 18.0 Å². The fourth-order valence-electron chi connectivity index (χ4n) is 3.57. The standard InChI is InChI=1S/C22H29NO2/c1-17-9-5-6-14-20(17)25-21-15-7-13-19(22(21)24)23-16-8-12-18-10-3-2-4-11-18/h2-6,9-11,14,19,21-24H,7-8,12-13,15-16H2,1H3/t19-,21+,22+/m0/s1. The molecule has 1 fully saturated rings. The van der Waals surface area contributed by atoms with Crippen molar-refractivity contribution >= 4 is 0 Å². The Balaban J connectivity index is 1.46. The average Bonchev–Trinajstić information content (AvgIpc) is 2.64. The molecule has 0 spiro atoms. The second kappa shape index (κ2) is 9.02. The van der Waals surface area contributed by atoms with Crippen molar-refractivity contribution in [2.45, 2.75) is 57.3 Å². The fourth-order valence-corrected chi connectivity index (χ4v) is 3.57. The summed E-state index contributed by atoms with van der Waals surface area (Å²) in [4.78, 5) is 0. The van der Waals surface area contributed by atoms with E-state index in [0.717, 1.165) is 50.0 Å². The molecular weight excluding hydrogens is 310 g/mol. The summed E-state index contributed by atoms with van der Waals surface area (Å²) >= 11 is 0. The smallest absolute Gasteiger partial charge is 0.126 e. The molecule has 2 aromatic carbocycles. The summed E-state index contributed by atoms with van der Waals surface area (Å²) in [6.07, 6.45) is 4.59. The summed E-state index contributed by atoms with van der Waals surface area (Å²) in [5.74, 6) is 0.885. The van der Waals surface area contributed by atoms with Gasteiger partial charge >= 0.3 is 0 Å². The molecule has 1 aliphatic carbocycles. The van der Waals surface area contributed by atoms with Gasteiger partial charge in [0, 0.05) is 6.04 Å². The number of hydrogen-bond donors (Lipinski definition) is 2. The van der Waals surface area contributed by atoms with E-state index in [9.17, 15) is 5.11 Å². The van der Waals surface area contributed by atoms with E-state index in [1.54, 1.807) is 0 Å². The van der Waals surface area contributed by atoms with Crippen molar-refractivity contribution in [2.75, 3.05) is 6.54 Å². The molecule has 0 bridgehead atoms. The predicted octanol–water partition coefficient (Wildman–Crippen LogP) is 3.88. The molecule has 2 N–H and O–H groups in total. The molecule has 3 atom stereocenters. The number of rotatable bonds is 7. The van der Waals surface area contributed by atoms with Crippen molar-refractivity contribution in [3.8, 4) is 5.75 Å². The van der Waals surface area contributed by atoms with Crippen LogP contribution in [0, 0.1) is 6.92 Å². The van der Waals surface area contributed by atoms with E-state index in [-0.39, 0.29) is 12.1 Å². The number of aliphatic hydroxyl groups excluding tert-OH is 1. The Labute approximate surface area is 151 Å². The minimum absolute atomic E-state index is 0.124. The van der Waals surface area contributed by atoms with Crippen LogP contribution in [0.3, 0.4) is 0 Å². The predicted molar refractivity (Wildman–Crippen MR) is 102 cm³/mol. The first-order chi connectivity index (χ1) is 12.2. The molecule has 134 valence electrons. The molecule has 3 nitrogen and oxygen atoms in total. The third-order valence-corrected chi connectivity index (χ3v) is 5.06. The summed E-state index contributed by atoms with van der Waals surface area (Å²) < 4.78 is 6.11. The Morgan fingerprint density at radius 2 is 1.80 bits per heavy atom. The lowest BCUT2D eigenvalue weighted by Gasteiger charge is -2.35. The molecule has 0 radical (unpaired) electrons. The zero-order valence-electron chi connectivity index (χ0n) is 15.0. The van der Waals surface area contributed by atoms with Crippen molar-refractivity contribution in [1.29, 1.82) is 0 Å². The van der Waals surface area contributed by atoms with Gasteiger partial charge in [-0.3, -0.25) is 0 Å². The first-order valence-electron chi connectivity index (χ1n) is 9.42. The van der Waals surface area contributed by atoms with Crippen LogP contribution in [0.5, 0.6) is 5.75 Å². The number of aliphatic hydroxyl groups is 1. The third kappa shape index (κ3) is 5.07. The number of para-hydroxylation sites is 1. The van der Waals surface area contributed by atoms with Crippen molar-refractivity contribution in [2.24, 2.45) is 0 Å². The molecular formula is C22H29NO2. The maximum absolute atomic E-state index is 10.7. The molecule has 25 heavy (non-hydrogen) atoms. The highest BCUT2D eigenvalue weighted by molar-refractivity contribution is 5.32. The zero-order chi connectivity index (χ0) is 17.5. The highest BCUT2D eigenvalue weighted by Crippen LogP contribution is 2.26. The zero-order valence-corrected chi connectivity index (χ0v) is 15.0. The number of aryl methyl sites for hydroxylation is 2. The van der Waals surface area contributed by atoms with Crippen molar-refractivity contribution in [3.63, 3.8) is 0 Å². The number of nitrogens with one attached hydrogen (secondary N) is 1. The topological polar surface area (TPSA) is 41.5 Å². The largest absolute Gasteiger partial charge is 0.487 e. The van der Waals surface area contributed by atoms with Gasteiger partial charge < -0.3 is 15.2 Å². The number of hydrogen-bond acceptors (Lipinski definition) is 3. The molecule has 0 aliphatic heterocycles. The Kier molecular flexibility index (Phi) is 6.48. The van der Waals surface area contributed by atoms with Gasteiger partial charge in [-0.2, -0.15) is 0 Å². The minimum Gasteiger partial charge on any atom is -0.487 e. The molecule has 1 saturated carbocycles. The second-order valence-electron chi connectivity index (χ2n) is 6.99. The molecule has 0 aromatic heterocycles. The van der Waals surface area contributed by atoms with Crippen molar-refractivity contribution in [1.82, 2.24) is 5.32 Å². The molecule has 2 aromatic rings. The maximum Gasteiger partial charge on any atom is 0.126 e. The Bertz CT molecular complexity index is 643. The lowest BCUT2D eigenvalue weighted by atomic mass is 9.89. The van der Waals surface area contributed by atoms with Gasteiger partial charge in [-0.25, -0.2) is 0 Å². The normalized spacial score (nSPS) is 23.4. The molecule has 0 unspecified atom stereocenters. The SMILES string of the molecule is Cc1ccccc1O[C@@H]1CCC[C@H](NCCCc2ccccc2)[C@H]1O. The van der Waals surface area contributed by atoms with E-state index in [4.69, 9.17) is 4.74 Å². The average molecular weight is 339 g/mol. The van der Waals surface area contributed by atoms with Crippen LogP contribution >= 0.6 is 0 Å². The third-order valence-electron chi connectivity index (χ3n) is 5.06. The van der Waals surface area contributed by atoms with Crippen LogP contribution in [0.25, 0.3) is 0 Å². The second-order valence-corrected chi connectivity index (χ2v) is 6.99. The highest BCUT2D eigenvalue weighted by atomic mass is 16.5. The van der Waals surface area contributed by atoms with Crippen LogP contribution in [0.2, 0.25) is 0 Å². The van der Waals surface area contributed by atoms with Crippen LogP contribution < -0.4 is 10.1 Å². The molecule has 0 amide bonds. The summed E-state index contributed by atoms with van der Waals surface area (Å²) in [6.45, 7) is 2.97. The molecule has 3 heteroatoms. The van der Waals surface area contributed by atoms with Gasteiger partial charge in [0.15, 0.2) is 0 Å². The van der Waals surface area contributed by atoms with Crippen LogP contribution in [0.4, 0.5) is 0 Å². The Morgan fingerprint density at radius 3 is 2.60 bits per heavy atom. The maximum atomic E-state index is 10.7. The van der Waals surface area contributed by atoms with E-state index in [1.165, 1.54) is 5.56 Å². The first kappa shape index (κ1) is 18.0. The van der Waals surface area contributed by atoms with Gasteiger partial charge in [0.2, 0.25) is 0 Å². The monoisotopic (exact) mass is 339 g/mol. The van der Waals surface area contributed by atoms with Gasteiger partial charge in [-0.1, -0.05) is 48.5 Å². The van der Waals surface area contributed by atoms with Gasteiger partial charge in [-0.15, -0.1) is 0 Å². The van der Waals surface area contributed by atoms with Crippen LogP contribution in [0.1, 0.15) is 36.8 Å². The molecule has 3 rings (SSSR count). The summed E-state index contributed by atoms with van der Waals surface area (Å²) in [5.41, 5.74) is 2.49. The van der Waals surface area contributed by atoms with Gasteiger partial charge in [-0.05, 0) is 62.8 Å². The lowest BCUT2D eigenvalue weighted by Crippen LogP contribution is -2.51. The minimum atomic E-state index is -0.454. The van der Waals surface area contributed by atoms with E-state index in [2.05, 4.69) is 35.6 Å². The van der Waals surface area contributed by atoms with Crippen LogP contribution in [-0.4, -0.2) is 29.9 Å². The summed E-state index contributed by atoms with van der Waals surface area (Å²) in [5, 5.41) is 14.3. The molecule has 0 saturated heterocycles.